The summed E-state index contributed by atoms with van der Waals surface area (Å²) in [4.78, 5) is 13.3. The molecule has 3 N–H and O–H groups in total. The van der Waals surface area contributed by atoms with Gasteiger partial charge in [-0.3, -0.25) is 4.99 Å². The minimum Gasteiger partial charge on any atom is -0.477 e. The minimum atomic E-state index is -1.08. The van der Waals surface area contributed by atoms with Gasteiger partial charge in [0.05, 0.1) is 23.1 Å². The van der Waals surface area contributed by atoms with Crippen LogP contribution in [0.3, 0.4) is 0 Å². The Morgan fingerprint density at radius 2 is 2.08 bits per heavy atom. The number of hydrogen-bond donors (Lipinski definition) is 2. The number of fused-ring (bicyclic) bond motifs is 2. The maximum atomic E-state index is 15.3. The summed E-state index contributed by atoms with van der Waals surface area (Å²) in [5, 5.41) is 12.8. The lowest BCUT2D eigenvalue weighted by Crippen LogP contribution is -2.37. The van der Waals surface area contributed by atoms with Crippen LogP contribution in [0.5, 0.6) is 5.75 Å². The van der Waals surface area contributed by atoms with Gasteiger partial charge in [-0.05, 0) is 31.0 Å². The van der Waals surface area contributed by atoms with E-state index in [0.29, 0.717) is 39.9 Å². The van der Waals surface area contributed by atoms with Crippen molar-refractivity contribution in [3.05, 3.63) is 53.9 Å². The van der Waals surface area contributed by atoms with Crippen molar-refractivity contribution in [3.63, 3.8) is 0 Å². The summed E-state index contributed by atoms with van der Waals surface area (Å²) >= 11 is 1.44. The molecule has 1 fully saturated rings. The predicted molar refractivity (Wildman–Crippen MR) is 134 cm³/mol. The number of nitrogens with one attached hydrogen (secondary N) is 1. The number of benzene rings is 1. The molecule has 4 atom stereocenters. The molecule has 0 saturated heterocycles. The standard InChI is InChI=1S/C25H24F2N6O2S/c1-13-21-24(2,33-23(29)36-25(13,21)12-34-3)17-9-15(10-18(26)19(17)27)32-22-20-14(4-6-30-22)8-16(11-31-20)35-7-5-28/h4,6,8-11,13,21H,7,12H2,1-3H3,(H2,29,33)(H,30,32)/t13?,21?,24-,25+/m1/s1. The molecule has 3 heterocycles. The Labute approximate surface area is 210 Å². The van der Waals surface area contributed by atoms with Crippen LogP contribution in [0.25, 0.3) is 10.9 Å². The average Bonchev–Trinajstić information content (AvgIpc) is 3.43. The first kappa shape index (κ1) is 24.2. The molecule has 1 aromatic carbocycles. The van der Waals surface area contributed by atoms with Crippen LogP contribution >= 0.6 is 11.8 Å². The van der Waals surface area contributed by atoms with E-state index in [0.717, 1.165) is 6.07 Å². The summed E-state index contributed by atoms with van der Waals surface area (Å²) in [5.74, 6) is -1.12. The fraction of sp³-hybridized carbons (Fsp3) is 0.360. The number of aromatic nitrogens is 2. The van der Waals surface area contributed by atoms with Crippen molar-refractivity contribution >= 4 is 39.3 Å². The molecule has 8 nitrogen and oxygen atoms in total. The Kier molecular flexibility index (Phi) is 5.97. The lowest BCUT2D eigenvalue weighted by Gasteiger charge is -2.34. The molecule has 1 saturated carbocycles. The van der Waals surface area contributed by atoms with E-state index < -0.39 is 17.2 Å². The highest BCUT2D eigenvalue weighted by Gasteiger charge is 2.72. The maximum absolute atomic E-state index is 15.3. The number of nitriles is 1. The molecule has 0 radical (unpaired) electrons. The zero-order valence-electron chi connectivity index (χ0n) is 19.9. The quantitative estimate of drug-likeness (QED) is 0.478. The third kappa shape index (κ3) is 3.81. The number of halogens is 2. The smallest absolute Gasteiger partial charge is 0.174 e. The van der Waals surface area contributed by atoms with Crippen molar-refractivity contribution in [1.82, 2.24) is 9.97 Å². The zero-order chi connectivity index (χ0) is 25.7. The number of thioether (sulfide) groups is 1. The largest absolute Gasteiger partial charge is 0.477 e. The molecule has 11 heteroatoms. The minimum absolute atomic E-state index is 0.0874. The number of aliphatic imine (C=N–C) groups is 1. The van der Waals surface area contributed by atoms with Crippen molar-refractivity contribution in [2.24, 2.45) is 22.6 Å². The van der Waals surface area contributed by atoms with E-state index >= 15 is 4.39 Å². The van der Waals surface area contributed by atoms with Gasteiger partial charge in [0.15, 0.2) is 29.2 Å². The summed E-state index contributed by atoms with van der Waals surface area (Å²) < 4.78 is 40.6. The summed E-state index contributed by atoms with van der Waals surface area (Å²) in [6.45, 7) is 4.18. The van der Waals surface area contributed by atoms with E-state index in [2.05, 4.69) is 27.2 Å². The van der Waals surface area contributed by atoms with E-state index in [1.165, 1.54) is 18.0 Å². The molecule has 2 unspecified atom stereocenters. The Morgan fingerprint density at radius 1 is 1.28 bits per heavy atom. The van der Waals surface area contributed by atoms with Crippen LogP contribution in [0.15, 0.2) is 41.7 Å². The maximum Gasteiger partial charge on any atom is 0.174 e. The fourth-order valence-electron chi connectivity index (χ4n) is 5.43. The van der Waals surface area contributed by atoms with Crippen LogP contribution in [0, 0.1) is 34.8 Å². The average molecular weight is 511 g/mol. The van der Waals surface area contributed by atoms with Crippen molar-refractivity contribution in [2.45, 2.75) is 24.1 Å². The fourth-order valence-corrected chi connectivity index (χ4v) is 7.05. The monoisotopic (exact) mass is 510 g/mol. The van der Waals surface area contributed by atoms with E-state index in [-0.39, 0.29) is 28.8 Å². The Morgan fingerprint density at radius 3 is 2.83 bits per heavy atom. The molecular weight excluding hydrogens is 486 g/mol. The van der Waals surface area contributed by atoms with E-state index in [9.17, 15) is 4.39 Å². The Hall–Kier alpha value is -3.49. The van der Waals surface area contributed by atoms with Crippen molar-refractivity contribution < 1.29 is 18.3 Å². The number of nitrogens with two attached hydrogens (primary N) is 1. The Bertz CT molecular complexity index is 1430. The van der Waals surface area contributed by atoms with Gasteiger partial charge in [0, 0.05) is 41.9 Å². The summed E-state index contributed by atoms with van der Waals surface area (Å²) in [6, 6.07) is 8.01. The van der Waals surface area contributed by atoms with E-state index in [1.54, 1.807) is 38.4 Å². The third-order valence-electron chi connectivity index (χ3n) is 7.01. The van der Waals surface area contributed by atoms with Gasteiger partial charge in [-0.2, -0.15) is 5.26 Å². The molecule has 36 heavy (non-hydrogen) atoms. The lowest BCUT2D eigenvalue weighted by atomic mass is 9.84. The zero-order valence-corrected chi connectivity index (χ0v) is 20.7. The van der Waals surface area contributed by atoms with Crippen LogP contribution in [0.1, 0.15) is 19.4 Å². The SMILES string of the molecule is COC[C@@]12SC(N)=N[C@](C)(c3cc(Nc4nccc5cc(OCC#N)cnc45)cc(F)c3F)C1C2C. The van der Waals surface area contributed by atoms with Crippen LogP contribution in [0.2, 0.25) is 0 Å². The summed E-state index contributed by atoms with van der Waals surface area (Å²) in [5.41, 5.74) is 6.02. The molecule has 186 valence electrons. The first-order valence-electron chi connectivity index (χ1n) is 11.3. The summed E-state index contributed by atoms with van der Waals surface area (Å²) in [6.07, 6.45) is 3.04. The van der Waals surface area contributed by atoms with Crippen molar-refractivity contribution in [3.8, 4) is 11.8 Å². The lowest BCUT2D eigenvalue weighted by molar-refractivity contribution is 0.183. The number of hydrogen-bond acceptors (Lipinski definition) is 9. The Balaban J connectivity index is 1.54. The highest BCUT2D eigenvalue weighted by molar-refractivity contribution is 8.15. The molecular formula is C25H24F2N6O2S. The molecule has 1 aliphatic carbocycles. The molecule has 0 amide bonds. The second-order valence-corrected chi connectivity index (χ2v) is 10.5. The van der Waals surface area contributed by atoms with Crippen molar-refractivity contribution in [1.29, 1.82) is 5.26 Å². The molecule has 0 bridgehead atoms. The van der Waals surface area contributed by atoms with Gasteiger partial charge in [0.2, 0.25) is 0 Å². The van der Waals surface area contributed by atoms with Crippen LogP contribution in [-0.4, -0.2) is 40.2 Å². The number of ether oxygens (including phenoxy) is 2. The predicted octanol–water partition coefficient (Wildman–Crippen LogP) is 4.48. The van der Waals surface area contributed by atoms with Crippen LogP contribution in [0.4, 0.5) is 20.3 Å². The van der Waals surface area contributed by atoms with Crippen LogP contribution < -0.4 is 15.8 Å². The highest BCUT2D eigenvalue weighted by atomic mass is 32.2. The number of amidine groups is 1. The normalized spacial score (nSPS) is 26.6. The van der Waals surface area contributed by atoms with Gasteiger partial charge in [-0.15, -0.1) is 0 Å². The number of methoxy groups -OCH3 is 1. The second-order valence-electron chi connectivity index (χ2n) is 9.15. The second kappa shape index (κ2) is 8.87. The first-order valence-corrected chi connectivity index (χ1v) is 12.1. The van der Waals surface area contributed by atoms with Crippen LogP contribution in [-0.2, 0) is 10.3 Å². The molecule has 0 spiro atoms. The van der Waals surface area contributed by atoms with Gasteiger partial charge in [0.1, 0.15) is 17.3 Å². The van der Waals surface area contributed by atoms with E-state index in [1.807, 2.05) is 6.07 Å². The van der Waals surface area contributed by atoms with Gasteiger partial charge in [-0.1, -0.05) is 18.7 Å². The van der Waals surface area contributed by atoms with Crippen molar-refractivity contribution in [2.75, 3.05) is 25.6 Å². The number of nitrogens with zero attached hydrogens (tertiary/aromatic N) is 4. The number of anilines is 2. The highest BCUT2D eigenvalue weighted by Crippen LogP contribution is 2.69. The molecule has 1 aliphatic heterocycles. The molecule has 3 aromatic rings. The van der Waals surface area contributed by atoms with Gasteiger partial charge < -0.3 is 20.5 Å². The molecule has 2 aromatic heterocycles. The molecule has 5 rings (SSSR count). The van der Waals surface area contributed by atoms with Gasteiger partial charge >= 0.3 is 0 Å². The third-order valence-corrected chi connectivity index (χ3v) is 8.44. The number of rotatable bonds is 7. The topological polar surface area (TPSA) is 118 Å². The van der Waals surface area contributed by atoms with Gasteiger partial charge in [0.25, 0.3) is 0 Å². The number of pyridine rings is 2. The van der Waals surface area contributed by atoms with Gasteiger partial charge in [-0.25, -0.2) is 18.7 Å². The van der Waals surface area contributed by atoms with E-state index in [4.69, 9.17) is 20.5 Å². The first-order chi connectivity index (χ1) is 17.2. The summed E-state index contributed by atoms with van der Waals surface area (Å²) in [7, 11) is 1.62. The molecule has 2 aliphatic rings.